The van der Waals surface area contributed by atoms with Crippen LogP contribution in [0, 0.1) is 0 Å². The van der Waals surface area contributed by atoms with Crippen LogP contribution in [0.1, 0.15) is 18.9 Å². The van der Waals surface area contributed by atoms with Crippen LogP contribution in [0.3, 0.4) is 0 Å². The summed E-state index contributed by atoms with van der Waals surface area (Å²) in [6.45, 7) is 2.87. The van der Waals surface area contributed by atoms with E-state index in [4.69, 9.17) is 10.5 Å². The highest BCUT2D eigenvalue weighted by Gasteiger charge is 2.14. The maximum absolute atomic E-state index is 5.46. The van der Waals surface area contributed by atoms with Gasteiger partial charge >= 0.3 is 0 Å². The van der Waals surface area contributed by atoms with E-state index < -0.39 is 0 Å². The van der Waals surface area contributed by atoms with E-state index in [0.29, 0.717) is 19.0 Å². The molecule has 0 fully saturated rings. The Hall–Kier alpha value is -1.01. The fourth-order valence-corrected chi connectivity index (χ4v) is 0.877. The summed E-state index contributed by atoms with van der Waals surface area (Å²) in [5, 5.41) is 11.5. The van der Waals surface area contributed by atoms with Crippen LogP contribution in [-0.2, 0) is 11.8 Å². The summed E-state index contributed by atoms with van der Waals surface area (Å²) >= 11 is 0. The van der Waals surface area contributed by atoms with Gasteiger partial charge in [-0.05, 0) is 12.1 Å². The van der Waals surface area contributed by atoms with Crippen molar-refractivity contribution in [3.63, 3.8) is 0 Å². The molecule has 0 aliphatic heterocycles. The molecule has 1 rings (SSSR count). The predicted molar refractivity (Wildman–Crippen MR) is 42.2 cm³/mol. The third-order valence-corrected chi connectivity index (χ3v) is 1.39. The number of rotatable bonds is 4. The summed E-state index contributed by atoms with van der Waals surface area (Å²) in [4.78, 5) is 1.39. The molecule has 68 valence electrons. The summed E-state index contributed by atoms with van der Waals surface area (Å²) in [6.07, 6.45) is -0.233. The number of aryl methyl sites for hydroxylation is 1. The molecule has 2 N–H and O–H groups in total. The monoisotopic (exact) mass is 171 g/mol. The first-order valence-electron chi connectivity index (χ1n) is 3.83. The minimum absolute atomic E-state index is 0.233. The lowest BCUT2D eigenvalue weighted by Gasteiger charge is -2.08. The molecule has 0 aliphatic rings. The van der Waals surface area contributed by atoms with Gasteiger partial charge in [0.05, 0.1) is 7.05 Å². The third-order valence-electron chi connectivity index (χ3n) is 1.39. The minimum atomic E-state index is -0.233. The first-order chi connectivity index (χ1) is 5.77. The molecule has 1 atom stereocenters. The Bertz CT molecular complexity index is 236. The first-order valence-corrected chi connectivity index (χ1v) is 3.83. The molecule has 0 spiro atoms. The number of nitrogens with two attached hydrogens (primary N) is 1. The van der Waals surface area contributed by atoms with Gasteiger partial charge in [0.15, 0.2) is 0 Å². The van der Waals surface area contributed by atoms with Crippen molar-refractivity contribution in [3.8, 4) is 0 Å². The van der Waals surface area contributed by atoms with Gasteiger partial charge in [-0.2, -0.15) is 4.80 Å². The van der Waals surface area contributed by atoms with E-state index in [0.717, 1.165) is 0 Å². The SMILES string of the molecule is CCOC(CN)c1nnn(C)n1. The van der Waals surface area contributed by atoms with Crippen LogP contribution in [0.25, 0.3) is 0 Å². The van der Waals surface area contributed by atoms with Crippen LogP contribution in [-0.4, -0.2) is 33.4 Å². The van der Waals surface area contributed by atoms with E-state index in [1.54, 1.807) is 7.05 Å². The number of ether oxygens (including phenoxy) is 1. The van der Waals surface area contributed by atoms with E-state index in [1.807, 2.05) is 6.92 Å². The van der Waals surface area contributed by atoms with Crippen molar-refractivity contribution >= 4 is 0 Å². The van der Waals surface area contributed by atoms with Crippen molar-refractivity contribution in [1.29, 1.82) is 0 Å². The Kier molecular flexibility index (Phi) is 3.12. The van der Waals surface area contributed by atoms with E-state index in [1.165, 1.54) is 4.80 Å². The molecule has 6 heteroatoms. The van der Waals surface area contributed by atoms with Gasteiger partial charge in [0.1, 0.15) is 6.10 Å². The Morgan fingerprint density at radius 2 is 2.42 bits per heavy atom. The van der Waals surface area contributed by atoms with Crippen molar-refractivity contribution < 1.29 is 4.74 Å². The molecule has 0 saturated heterocycles. The molecule has 6 nitrogen and oxygen atoms in total. The summed E-state index contributed by atoms with van der Waals surface area (Å²) in [5.74, 6) is 0.543. The van der Waals surface area contributed by atoms with Crippen LogP contribution in [0.2, 0.25) is 0 Å². The highest BCUT2D eigenvalue weighted by Crippen LogP contribution is 2.08. The lowest BCUT2D eigenvalue weighted by atomic mass is 10.3. The molecule has 0 aliphatic carbocycles. The molecular weight excluding hydrogens is 158 g/mol. The van der Waals surface area contributed by atoms with E-state index in [-0.39, 0.29) is 6.10 Å². The molecule has 0 radical (unpaired) electrons. The van der Waals surface area contributed by atoms with E-state index >= 15 is 0 Å². The van der Waals surface area contributed by atoms with Crippen molar-refractivity contribution in [1.82, 2.24) is 20.2 Å². The molecule has 1 heterocycles. The average molecular weight is 171 g/mol. The van der Waals surface area contributed by atoms with E-state index in [2.05, 4.69) is 15.4 Å². The van der Waals surface area contributed by atoms with Gasteiger partial charge in [0.2, 0.25) is 5.82 Å². The zero-order valence-electron chi connectivity index (χ0n) is 7.27. The lowest BCUT2D eigenvalue weighted by molar-refractivity contribution is 0.0623. The summed E-state index contributed by atoms with van der Waals surface area (Å²) in [6, 6.07) is 0. The standard InChI is InChI=1S/C6H13N5O/c1-3-12-5(4-7)6-8-10-11(2)9-6/h5H,3-4,7H2,1-2H3. The molecule has 0 amide bonds. The maximum Gasteiger partial charge on any atom is 0.204 e. The van der Waals surface area contributed by atoms with Crippen molar-refractivity contribution in [2.45, 2.75) is 13.0 Å². The van der Waals surface area contributed by atoms with Crippen LogP contribution in [0.5, 0.6) is 0 Å². The highest BCUT2D eigenvalue weighted by molar-refractivity contribution is 4.85. The third kappa shape index (κ3) is 1.99. The Labute approximate surface area is 70.7 Å². The number of nitrogens with zero attached hydrogens (tertiary/aromatic N) is 4. The van der Waals surface area contributed by atoms with Gasteiger partial charge in [-0.1, -0.05) is 0 Å². The Morgan fingerprint density at radius 3 is 2.83 bits per heavy atom. The Balaban J connectivity index is 2.66. The maximum atomic E-state index is 5.46. The summed E-state index contributed by atoms with van der Waals surface area (Å²) in [5.41, 5.74) is 5.46. The minimum Gasteiger partial charge on any atom is -0.369 e. The molecule has 12 heavy (non-hydrogen) atoms. The van der Waals surface area contributed by atoms with Gasteiger partial charge in [0.25, 0.3) is 0 Å². The molecule has 0 aromatic carbocycles. The second kappa shape index (κ2) is 4.13. The van der Waals surface area contributed by atoms with Crippen molar-refractivity contribution in [2.75, 3.05) is 13.2 Å². The molecule has 0 bridgehead atoms. The molecule has 1 aromatic heterocycles. The molecule has 1 unspecified atom stereocenters. The fourth-order valence-electron chi connectivity index (χ4n) is 0.877. The smallest absolute Gasteiger partial charge is 0.204 e. The van der Waals surface area contributed by atoms with Crippen molar-refractivity contribution in [3.05, 3.63) is 5.82 Å². The van der Waals surface area contributed by atoms with Gasteiger partial charge in [-0.3, -0.25) is 0 Å². The lowest BCUT2D eigenvalue weighted by Crippen LogP contribution is -2.17. The second-order valence-electron chi connectivity index (χ2n) is 2.32. The molecular formula is C6H13N5O. The quantitative estimate of drug-likeness (QED) is 0.644. The number of tetrazole rings is 1. The van der Waals surface area contributed by atoms with Crippen molar-refractivity contribution in [2.24, 2.45) is 12.8 Å². The van der Waals surface area contributed by atoms with Crippen LogP contribution in [0.15, 0.2) is 0 Å². The van der Waals surface area contributed by atoms with E-state index in [9.17, 15) is 0 Å². The van der Waals surface area contributed by atoms with Gasteiger partial charge < -0.3 is 10.5 Å². The van der Waals surface area contributed by atoms with Gasteiger partial charge in [-0.25, -0.2) is 0 Å². The zero-order valence-corrected chi connectivity index (χ0v) is 7.27. The van der Waals surface area contributed by atoms with Crippen LogP contribution < -0.4 is 5.73 Å². The zero-order chi connectivity index (χ0) is 8.97. The van der Waals surface area contributed by atoms with Gasteiger partial charge in [-0.15, -0.1) is 10.2 Å². The molecule has 1 aromatic rings. The topological polar surface area (TPSA) is 78.9 Å². The summed E-state index contributed by atoms with van der Waals surface area (Å²) in [7, 11) is 1.70. The average Bonchev–Trinajstić information content (AvgIpc) is 2.47. The predicted octanol–water partition coefficient (Wildman–Crippen LogP) is -0.754. The first kappa shape index (κ1) is 9.08. The number of hydrogen-bond donors (Lipinski definition) is 1. The number of aromatic nitrogens is 4. The van der Waals surface area contributed by atoms with Crippen LogP contribution >= 0.6 is 0 Å². The summed E-state index contributed by atoms with van der Waals surface area (Å²) < 4.78 is 5.29. The fraction of sp³-hybridized carbons (Fsp3) is 0.833. The Morgan fingerprint density at radius 1 is 1.67 bits per heavy atom. The largest absolute Gasteiger partial charge is 0.369 e. The van der Waals surface area contributed by atoms with Gasteiger partial charge in [0, 0.05) is 13.2 Å². The normalized spacial score (nSPS) is 13.2. The highest BCUT2D eigenvalue weighted by atomic mass is 16.5. The number of hydrogen-bond acceptors (Lipinski definition) is 5. The molecule has 0 saturated carbocycles. The van der Waals surface area contributed by atoms with Crippen LogP contribution in [0.4, 0.5) is 0 Å². The second-order valence-corrected chi connectivity index (χ2v) is 2.32.